The number of alkyl halides is 4. The van der Waals surface area contributed by atoms with Gasteiger partial charge < -0.3 is 5.11 Å². The van der Waals surface area contributed by atoms with E-state index in [1.807, 2.05) is 0 Å². The number of benzene rings is 1. The van der Waals surface area contributed by atoms with Crippen LogP contribution in [0.2, 0.25) is 5.02 Å². The Morgan fingerprint density at radius 1 is 1.44 bits per heavy atom. The van der Waals surface area contributed by atoms with Gasteiger partial charge in [-0.1, -0.05) is 27.5 Å². The van der Waals surface area contributed by atoms with Crippen molar-refractivity contribution in [1.29, 1.82) is 0 Å². The van der Waals surface area contributed by atoms with Gasteiger partial charge in [0.15, 0.2) is 5.78 Å². The van der Waals surface area contributed by atoms with E-state index >= 15 is 0 Å². The molecule has 1 aromatic rings. The van der Waals surface area contributed by atoms with E-state index in [0.717, 1.165) is 12.1 Å². The second kappa shape index (κ2) is 4.63. The lowest BCUT2D eigenvalue weighted by atomic mass is 10.0. The number of carbonyl (C=O) groups excluding carboxylic acids is 1. The third-order valence-electron chi connectivity index (χ3n) is 1.82. The minimum Gasteiger partial charge on any atom is -0.507 e. The summed E-state index contributed by atoms with van der Waals surface area (Å²) in [6.07, 6.45) is -4.79. The molecule has 7 heteroatoms. The standard InChI is InChI=1S/C9H5BrClF3O2/c10-3-6(16)7-5(15)2-1-4(11)8(7)9(12,13)14/h1-2,15H,3H2. The van der Waals surface area contributed by atoms with Crippen LogP contribution >= 0.6 is 27.5 Å². The second-order valence-corrected chi connectivity index (χ2v) is 3.84. The van der Waals surface area contributed by atoms with Crippen LogP contribution in [0, 0.1) is 0 Å². The third-order valence-corrected chi connectivity index (χ3v) is 2.64. The Labute approximate surface area is 102 Å². The van der Waals surface area contributed by atoms with E-state index in [1.54, 1.807) is 0 Å². The van der Waals surface area contributed by atoms with Crippen molar-refractivity contribution in [3.8, 4) is 5.75 Å². The molecule has 0 aliphatic carbocycles. The first-order chi connectivity index (χ1) is 7.29. The van der Waals surface area contributed by atoms with Gasteiger partial charge in [0.1, 0.15) is 5.75 Å². The van der Waals surface area contributed by atoms with Gasteiger partial charge in [-0.05, 0) is 12.1 Å². The number of hydrogen-bond acceptors (Lipinski definition) is 2. The molecule has 0 amide bonds. The number of ketones is 1. The van der Waals surface area contributed by atoms with Crippen molar-refractivity contribution in [2.75, 3.05) is 5.33 Å². The quantitative estimate of drug-likeness (QED) is 0.668. The molecular formula is C9H5BrClF3O2. The lowest BCUT2D eigenvalue weighted by molar-refractivity contribution is -0.137. The van der Waals surface area contributed by atoms with Crippen LogP contribution in [-0.4, -0.2) is 16.2 Å². The summed E-state index contributed by atoms with van der Waals surface area (Å²) in [6, 6.07) is 1.85. The summed E-state index contributed by atoms with van der Waals surface area (Å²) in [6.45, 7) is 0. The fourth-order valence-electron chi connectivity index (χ4n) is 1.19. The highest BCUT2D eigenvalue weighted by molar-refractivity contribution is 9.09. The fraction of sp³-hybridized carbons (Fsp3) is 0.222. The summed E-state index contributed by atoms with van der Waals surface area (Å²) in [5, 5.41) is 8.33. The lowest BCUT2D eigenvalue weighted by Gasteiger charge is -2.14. The van der Waals surface area contributed by atoms with Crippen LogP contribution in [0.4, 0.5) is 13.2 Å². The molecule has 0 saturated carbocycles. The largest absolute Gasteiger partial charge is 0.507 e. The molecule has 1 N–H and O–H groups in total. The summed E-state index contributed by atoms with van der Waals surface area (Å²) in [5.41, 5.74) is -2.12. The first-order valence-corrected chi connectivity index (χ1v) is 5.46. The maximum atomic E-state index is 12.6. The molecule has 0 aliphatic heterocycles. The van der Waals surface area contributed by atoms with Gasteiger partial charge in [-0.15, -0.1) is 0 Å². The Balaban J connectivity index is 3.56. The molecule has 0 unspecified atom stereocenters. The van der Waals surface area contributed by atoms with Gasteiger partial charge >= 0.3 is 6.18 Å². The summed E-state index contributed by atoms with van der Waals surface area (Å²) < 4.78 is 37.9. The smallest absolute Gasteiger partial charge is 0.418 e. The zero-order valence-electron chi connectivity index (χ0n) is 7.61. The maximum Gasteiger partial charge on any atom is 0.418 e. The van der Waals surface area contributed by atoms with Crippen molar-refractivity contribution in [1.82, 2.24) is 0 Å². The number of phenolic OH excluding ortho intramolecular Hbond substituents is 1. The van der Waals surface area contributed by atoms with Gasteiger partial charge in [0.25, 0.3) is 0 Å². The van der Waals surface area contributed by atoms with E-state index in [1.165, 1.54) is 0 Å². The third kappa shape index (κ3) is 2.49. The number of Topliss-reactive ketones (excluding diaryl/α,β-unsaturated/α-hetero) is 1. The minimum atomic E-state index is -4.79. The molecule has 0 spiro atoms. The number of aromatic hydroxyl groups is 1. The summed E-state index contributed by atoms with van der Waals surface area (Å²) in [5.74, 6) is -1.62. The number of rotatable bonds is 2. The Morgan fingerprint density at radius 3 is 2.44 bits per heavy atom. The van der Waals surface area contributed by atoms with E-state index in [-0.39, 0.29) is 5.33 Å². The highest BCUT2D eigenvalue weighted by Gasteiger charge is 2.38. The molecule has 2 nitrogen and oxygen atoms in total. The van der Waals surface area contributed by atoms with E-state index in [0.29, 0.717) is 0 Å². The van der Waals surface area contributed by atoms with Crippen molar-refractivity contribution in [3.63, 3.8) is 0 Å². The number of halogens is 5. The Kier molecular flexibility index (Phi) is 3.85. The number of phenols is 1. The van der Waals surface area contributed by atoms with Crippen molar-refractivity contribution in [2.45, 2.75) is 6.18 Å². The number of carbonyl (C=O) groups is 1. The van der Waals surface area contributed by atoms with Gasteiger partial charge in [0.2, 0.25) is 0 Å². The van der Waals surface area contributed by atoms with Gasteiger partial charge in [-0.2, -0.15) is 13.2 Å². The van der Waals surface area contributed by atoms with Crippen LogP contribution in [0.1, 0.15) is 15.9 Å². The zero-order valence-corrected chi connectivity index (χ0v) is 9.95. The Hall–Kier alpha value is -0.750. The second-order valence-electron chi connectivity index (χ2n) is 2.87. The fourth-order valence-corrected chi connectivity index (χ4v) is 1.74. The average molecular weight is 317 g/mol. The molecule has 0 aromatic heterocycles. The predicted octanol–water partition coefficient (Wildman–Crippen LogP) is 3.64. The molecule has 1 rings (SSSR count). The summed E-state index contributed by atoms with van der Waals surface area (Å²) in [7, 11) is 0. The lowest BCUT2D eigenvalue weighted by Crippen LogP contribution is -2.14. The van der Waals surface area contributed by atoms with Crippen LogP contribution in [-0.2, 0) is 6.18 Å². The Bertz CT molecular complexity index is 431. The van der Waals surface area contributed by atoms with Crippen molar-refractivity contribution in [2.24, 2.45) is 0 Å². The van der Waals surface area contributed by atoms with E-state index < -0.39 is 33.9 Å². The van der Waals surface area contributed by atoms with Crippen molar-refractivity contribution < 1.29 is 23.1 Å². The number of hydrogen-bond donors (Lipinski definition) is 1. The normalized spacial score (nSPS) is 11.6. The van der Waals surface area contributed by atoms with Crippen molar-refractivity contribution >= 4 is 33.3 Å². The summed E-state index contributed by atoms with van der Waals surface area (Å²) in [4.78, 5) is 11.3. The maximum absolute atomic E-state index is 12.6. The van der Waals surface area contributed by atoms with E-state index in [4.69, 9.17) is 11.6 Å². The average Bonchev–Trinajstić information content (AvgIpc) is 2.18. The topological polar surface area (TPSA) is 37.3 Å². The van der Waals surface area contributed by atoms with Crippen LogP contribution in [0.15, 0.2) is 12.1 Å². The predicted molar refractivity (Wildman–Crippen MR) is 56.2 cm³/mol. The van der Waals surface area contributed by atoms with Crippen molar-refractivity contribution in [3.05, 3.63) is 28.3 Å². The van der Waals surface area contributed by atoms with Gasteiger partial charge in [-0.25, -0.2) is 0 Å². The first-order valence-electron chi connectivity index (χ1n) is 3.97. The SMILES string of the molecule is O=C(CBr)c1c(O)ccc(Cl)c1C(F)(F)F. The van der Waals surface area contributed by atoms with Crippen LogP contribution in [0.25, 0.3) is 0 Å². The summed E-state index contributed by atoms with van der Waals surface area (Å²) >= 11 is 8.13. The molecule has 0 heterocycles. The van der Waals surface area contributed by atoms with Crippen LogP contribution in [0.3, 0.4) is 0 Å². The molecule has 0 fully saturated rings. The molecule has 16 heavy (non-hydrogen) atoms. The molecule has 0 aliphatic rings. The Morgan fingerprint density at radius 2 is 2.00 bits per heavy atom. The molecule has 88 valence electrons. The van der Waals surface area contributed by atoms with E-state index in [9.17, 15) is 23.1 Å². The molecular weight excluding hydrogens is 312 g/mol. The highest BCUT2D eigenvalue weighted by Crippen LogP contribution is 2.40. The molecule has 0 bridgehead atoms. The zero-order chi connectivity index (χ0) is 12.5. The van der Waals surface area contributed by atoms with Gasteiger partial charge in [0.05, 0.1) is 21.5 Å². The molecule has 0 atom stereocenters. The van der Waals surface area contributed by atoms with Crippen LogP contribution in [0.5, 0.6) is 5.75 Å². The first kappa shape index (κ1) is 13.3. The monoisotopic (exact) mass is 316 g/mol. The van der Waals surface area contributed by atoms with Gasteiger partial charge in [-0.3, -0.25) is 4.79 Å². The minimum absolute atomic E-state index is 0.329. The molecule has 1 aromatic carbocycles. The molecule has 0 radical (unpaired) electrons. The van der Waals surface area contributed by atoms with Crippen LogP contribution < -0.4 is 0 Å². The van der Waals surface area contributed by atoms with Gasteiger partial charge in [0, 0.05) is 0 Å². The van der Waals surface area contributed by atoms with E-state index in [2.05, 4.69) is 15.9 Å². The highest BCUT2D eigenvalue weighted by atomic mass is 79.9. The molecule has 0 saturated heterocycles.